The van der Waals surface area contributed by atoms with Gasteiger partial charge in [-0.1, -0.05) is 6.07 Å². The van der Waals surface area contributed by atoms with E-state index in [1.165, 1.54) is 22.8 Å². The number of halogens is 3. The summed E-state index contributed by atoms with van der Waals surface area (Å²) in [6, 6.07) is 3.16. The molecule has 12 heteroatoms. The summed E-state index contributed by atoms with van der Waals surface area (Å²) in [5.41, 5.74) is -0.371. The minimum Gasteiger partial charge on any atom is -0.354 e. The van der Waals surface area contributed by atoms with E-state index in [-0.39, 0.29) is 34.2 Å². The summed E-state index contributed by atoms with van der Waals surface area (Å²) in [6.07, 6.45) is 0.635. The highest BCUT2D eigenvalue weighted by Gasteiger charge is 2.34. The Morgan fingerprint density at radius 1 is 1.19 bits per heavy atom. The van der Waals surface area contributed by atoms with E-state index in [0.29, 0.717) is 18.5 Å². The zero-order valence-electron chi connectivity index (χ0n) is 16.1. The molecular weight excluding hydrogens is 413 g/mol. The molecule has 0 aliphatic carbocycles. The fourth-order valence-corrected chi connectivity index (χ4v) is 3.68. The zero-order chi connectivity index (χ0) is 21.6. The van der Waals surface area contributed by atoms with E-state index in [4.69, 9.17) is 0 Å². The lowest BCUT2D eigenvalue weighted by Gasteiger charge is -2.17. The molecule has 31 heavy (non-hydrogen) atoms. The number of hydrogen-bond donors (Lipinski definition) is 3. The van der Waals surface area contributed by atoms with Crippen molar-refractivity contribution < 1.29 is 18.0 Å². The van der Waals surface area contributed by atoms with Gasteiger partial charge in [0.2, 0.25) is 11.9 Å². The molecule has 4 aromatic rings. The van der Waals surface area contributed by atoms with Gasteiger partial charge in [-0.3, -0.25) is 9.89 Å². The number of rotatable bonds is 3. The van der Waals surface area contributed by atoms with Gasteiger partial charge in [-0.25, -0.2) is 9.97 Å². The largest absolute Gasteiger partial charge is 0.418 e. The molecule has 1 saturated heterocycles. The molecule has 0 radical (unpaired) electrons. The van der Waals surface area contributed by atoms with E-state index < -0.39 is 17.8 Å². The second kappa shape index (κ2) is 7.22. The van der Waals surface area contributed by atoms with Gasteiger partial charge in [-0.15, -0.1) is 5.10 Å². The number of amides is 1. The topological polar surface area (TPSA) is 113 Å². The van der Waals surface area contributed by atoms with Crippen LogP contribution in [0.1, 0.15) is 24.8 Å². The number of aromatic nitrogens is 6. The molecule has 1 aromatic carbocycles. The van der Waals surface area contributed by atoms with E-state index in [1.807, 2.05) is 0 Å². The molecule has 3 N–H and O–H groups in total. The molecule has 1 atom stereocenters. The van der Waals surface area contributed by atoms with Crippen LogP contribution in [0.5, 0.6) is 0 Å². The number of alkyl halides is 3. The van der Waals surface area contributed by atoms with Crippen LogP contribution in [0, 0.1) is 0 Å². The maximum Gasteiger partial charge on any atom is 0.418 e. The van der Waals surface area contributed by atoms with Crippen LogP contribution in [0.15, 0.2) is 30.6 Å². The summed E-state index contributed by atoms with van der Waals surface area (Å²) < 4.78 is 42.4. The van der Waals surface area contributed by atoms with Gasteiger partial charge in [0.1, 0.15) is 6.04 Å². The molecule has 3 aromatic heterocycles. The first kappa shape index (κ1) is 19.3. The molecule has 160 valence electrons. The SMILES string of the molecule is O=C1NCCCC[C@H]1Nc1nc2c(C(F)(F)F)cccc2c2nc(-c3cn[nH]c3)nn12. The van der Waals surface area contributed by atoms with Gasteiger partial charge >= 0.3 is 6.18 Å². The molecule has 0 saturated carbocycles. The first-order chi connectivity index (χ1) is 14.9. The average Bonchev–Trinajstić information content (AvgIpc) is 3.37. The van der Waals surface area contributed by atoms with Gasteiger partial charge in [-0.05, 0) is 31.4 Å². The van der Waals surface area contributed by atoms with Crippen LogP contribution in [0.2, 0.25) is 0 Å². The molecule has 9 nitrogen and oxygen atoms in total. The summed E-state index contributed by atoms with van der Waals surface area (Å²) in [5.74, 6) is 0.0594. The van der Waals surface area contributed by atoms with Crippen molar-refractivity contribution in [2.45, 2.75) is 31.5 Å². The highest BCUT2D eigenvalue weighted by atomic mass is 19.4. The predicted molar refractivity (Wildman–Crippen MR) is 105 cm³/mol. The Balaban J connectivity index is 1.74. The third-order valence-corrected chi connectivity index (χ3v) is 5.20. The van der Waals surface area contributed by atoms with E-state index in [0.717, 1.165) is 18.9 Å². The van der Waals surface area contributed by atoms with Gasteiger partial charge in [0.15, 0.2) is 11.5 Å². The summed E-state index contributed by atoms with van der Waals surface area (Å²) in [5, 5.41) is 16.9. The smallest absolute Gasteiger partial charge is 0.354 e. The van der Waals surface area contributed by atoms with Crippen LogP contribution >= 0.6 is 0 Å². The molecule has 1 amide bonds. The van der Waals surface area contributed by atoms with Crippen LogP contribution in [0.25, 0.3) is 27.9 Å². The van der Waals surface area contributed by atoms with Crippen molar-refractivity contribution in [3.63, 3.8) is 0 Å². The van der Waals surface area contributed by atoms with Gasteiger partial charge in [0.05, 0.1) is 22.8 Å². The fraction of sp³-hybridized carbons (Fsp3) is 0.316. The van der Waals surface area contributed by atoms with Crippen molar-refractivity contribution in [2.24, 2.45) is 0 Å². The lowest BCUT2D eigenvalue weighted by Crippen LogP contribution is -2.38. The first-order valence-corrected chi connectivity index (χ1v) is 9.72. The number of nitrogens with one attached hydrogen (secondary N) is 3. The lowest BCUT2D eigenvalue weighted by atomic mass is 10.1. The van der Waals surface area contributed by atoms with Gasteiger partial charge in [0.25, 0.3) is 0 Å². The normalized spacial score (nSPS) is 17.6. The molecule has 1 aliphatic rings. The number of carbonyl (C=O) groups is 1. The predicted octanol–water partition coefficient (Wildman–Crippen LogP) is 2.77. The Morgan fingerprint density at radius 3 is 2.84 bits per heavy atom. The standard InChI is InChI=1S/C19H17F3N8O/c20-19(21,22)12-5-3-4-11-14(12)27-18(26-13-6-1-2-7-23-17(13)31)30-16(11)28-15(29-30)10-8-24-25-9-10/h3-5,8-9,13H,1-2,6-7H2,(H,23,31)(H,24,25)(H,26,27)/t13-/m1/s1. The van der Waals surface area contributed by atoms with Crippen LogP contribution in [0.4, 0.5) is 19.1 Å². The second-order valence-corrected chi connectivity index (χ2v) is 7.28. The number of para-hydroxylation sites is 1. The molecule has 0 bridgehead atoms. The quantitative estimate of drug-likeness (QED) is 0.461. The van der Waals surface area contributed by atoms with Crippen LogP contribution in [-0.4, -0.2) is 48.3 Å². The minimum atomic E-state index is -4.60. The van der Waals surface area contributed by atoms with Crippen molar-refractivity contribution in [1.29, 1.82) is 0 Å². The first-order valence-electron chi connectivity index (χ1n) is 9.72. The number of anilines is 1. The number of benzene rings is 1. The Kier molecular flexibility index (Phi) is 4.49. The third-order valence-electron chi connectivity index (χ3n) is 5.20. The highest BCUT2D eigenvalue weighted by molar-refractivity contribution is 5.95. The number of nitrogens with zero attached hydrogens (tertiary/aromatic N) is 5. The van der Waals surface area contributed by atoms with E-state index >= 15 is 0 Å². The second-order valence-electron chi connectivity index (χ2n) is 7.28. The molecule has 4 heterocycles. The number of H-pyrrole nitrogens is 1. The van der Waals surface area contributed by atoms with Crippen LogP contribution in [0.3, 0.4) is 0 Å². The van der Waals surface area contributed by atoms with Crippen molar-refractivity contribution in [3.8, 4) is 11.4 Å². The van der Waals surface area contributed by atoms with Gasteiger partial charge in [-0.2, -0.15) is 22.8 Å². The monoisotopic (exact) mass is 430 g/mol. The summed E-state index contributed by atoms with van der Waals surface area (Å²) in [6.45, 7) is 0.559. The lowest BCUT2D eigenvalue weighted by molar-refractivity contribution is -0.136. The fourth-order valence-electron chi connectivity index (χ4n) is 3.68. The third kappa shape index (κ3) is 3.43. The molecule has 0 unspecified atom stereocenters. The molecular formula is C19H17F3N8O. The molecule has 5 rings (SSSR count). The average molecular weight is 430 g/mol. The molecule has 0 spiro atoms. The maximum absolute atomic E-state index is 13.7. The van der Waals surface area contributed by atoms with Crippen LogP contribution < -0.4 is 10.6 Å². The summed E-state index contributed by atoms with van der Waals surface area (Å²) in [7, 11) is 0. The molecule has 1 aliphatic heterocycles. The molecule has 1 fully saturated rings. The maximum atomic E-state index is 13.7. The number of hydrogen-bond acceptors (Lipinski definition) is 6. The van der Waals surface area contributed by atoms with Gasteiger partial charge < -0.3 is 10.6 Å². The number of carbonyl (C=O) groups excluding carboxylic acids is 1. The Bertz CT molecular complexity index is 1260. The van der Waals surface area contributed by atoms with E-state index in [2.05, 4.69) is 35.9 Å². The van der Waals surface area contributed by atoms with Crippen molar-refractivity contribution in [1.82, 2.24) is 35.1 Å². The van der Waals surface area contributed by atoms with E-state index in [1.54, 1.807) is 6.20 Å². The Hall–Kier alpha value is -3.70. The van der Waals surface area contributed by atoms with Crippen LogP contribution in [-0.2, 0) is 11.0 Å². The summed E-state index contributed by atoms with van der Waals surface area (Å²) >= 11 is 0. The number of aromatic amines is 1. The minimum absolute atomic E-state index is 0.0171. The number of fused-ring (bicyclic) bond motifs is 3. The highest BCUT2D eigenvalue weighted by Crippen LogP contribution is 2.36. The Morgan fingerprint density at radius 2 is 2.06 bits per heavy atom. The summed E-state index contributed by atoms with van der Waals surface area (Å²) in [4.78, 5) is 21.1. The Labute approximate surface area is 173 Å². The van der Waals surface area contributed by atoms with Crippen molar-refractivity contribution in [3.05, 3.63) is 36.2 Å². The van der Waals surface area contributed by atoms with Crippen molar-refractivity contribution in [2.75, 3.05) is 11.9 Å². The van der Waals surface area contributed by atoms with Gasteiger partial charge in [0, 0.05) is 18.1 Å². The van der Waals surface area contributed by atoms with E-state index in [9.17, 15) is 18.0 Å². The zero-order valence-corrected chi connectivity index (χ0v) is 16.1. The van der Waals surface area contributed by atoms with Crippen molar-refractivity contribution >= 4 is 28.4 Å².